The molecule has 0 radical (unpaired) electrons. The molecule has 3 aromatic rings. The average molecular weight is 330 g/mol. The minimum absolute atomic E-state index is 0.124. The number of ether oxygens (including phenoxy) is 1. The van der Waals surface area contributed by atoms with E-state index in [1.807, 2.05) is 32.0 Å². The fourth-order valence-corrected chi connectivity index (χ4v) is 2.97. The summed E-state index contributed by atoms with van der Waals surface area (Å²) in [6.45, 7) is 3.87. The van der Waals surface area contributed by atoms with E-state index in [9.17, 15) is 9.18 Å². The van der Waals surface area contributed by atoms with E-state index in [4.69, 9.17) is 4.74 Å². The van der Waals surface area contributed by atoms with E-state index in [1.165, 1.54) is 23.0 Å². The van der Waals surface area contributed by atoms with Crippen molar-refractivity contribution >= 4 is 32.6 Å². The topological polar surface area (TPSA) is 51.2 Å². The second-order valence-corrected chi connectivity index (χ2v) is 6.22. The van der Waals surface area contributed by atoms with Crippen LogP contribution < -0.4 is 10.1 Å². The highest BCUT2D eigenvalue weighted by Gasteiger charge is 2.11. The average Bonchev–Trinajstić information content (AvgIpc) is 2.92. The molecule has 0 saturated carbocycles. The van der Waals surface area contributed by atoms with Gasteiger partial charge in [0.05, 0.1) is 4.70 Å². The van der Waals surface area contributed by atoms with Gasteiger partial charge in [0.15, 0.2) is 11.7 Å². The van der Waals surface area contributed by atoms with Crippen molar-refractivity contribution in [2.75, 3.05) is 11.9 Å². The molecule has 2 aromatic carbocycles. The minimum atomic E-state index is -0.398. The van der Waals surface area contributed by atoms with Crippen LogP contribution in [0.4, 0.5) is 9.52 Å². The van der Waals surface area contributed by atoms with Crippen LogP contribution in [0.15, 0.2) is 36.4 Å². The molecule has 0 atom stereocenters. The maximum absolute atomic E-state index is 13.6. The Hall–Kier alpha value is -2.47. The maximum atomic E-state index is 13.6. The Kier molecular flexibility index (Phi) is 4.25. The number of rotatable bonds is 4. The lowest BCUT2D eigenvalue weighted by Gasteiger charge is -2.07. The zero-order chi connectivity index (χ0) is 16.4. The van der Waals surface area contributed by atoms with Gasteiger partial charge in [-0.3, -0.25) is 10.1 Å². The number of fused-ring (bicyclic) bond motifs is 1. The Morgan fingerprint density at radius 3 is 2.83 bits per heavy atom. The number of nitrogens with one attached hydrogen (secondary N) is 1. The van der Waals surface area contributed by atoms with Crippen LogP contribution in [0, 0.1) is 19.7 Å². The predicted molar refractivity (Wildman–Crippen MR) is 89.6 cm³/mol. The highest BCUT2D eigenvalue weighted by molar-refractivity contribution is 7.22. The number of carbonyl (C=O) groups is 1. The van der Waals surface area contributed by atoms with Gasteiger partial charge in [0.2, 0.25) is 0 Å². The molecule has 0 bridgehead atoms. The van der Waals surface area contributed by atoms with E-state index < -0.39 is 5.82 Å². The van der Waals surface area contributed by atoms with Crippen LogP contribution in [0.5, 0.6) is 5.75 Å². The first-order valence-electron chi connectivity index (χ1n) is 7.08. The summed E-state index contributed by atoms with van der Waals surface area (Å²) in [6.07, 6.45) is 0. The number of hydrogen-bond donors (Lipinski definition) is 1. The fourth-order valence-electron chi connectivity index (χ4n) is 2.08. The first kappa shape index (κ1) is 15.4. The van der Waals surface area contributed by atoms with Crippen LogP contribution in [-0.2, 0) is 4.79 Å². The second-order valence-electron chi connectivity index (χ2n) is 5.19. The molecule has 0 aliphatic heterocycles. The maximum Gasteiger partial charge on any atom is 0.264 e. The zero-order valence-corrected chi connectivity index (χ0v) is 13.5. The van der Waals surface area contributed by atoms with E-state index in [2.05, 4.69) is 10.3 Å². The van der Waals surface area contributed by atoms with Crippen LogP contribution in [0.1, 0.15) is 11.1 Å². The number of amides is 1. The van der Waals surface area contributed by atoms with Crippen molar-refractivity contribution in [2.45, 2.75) is 13.8 Å². The third-order valence-electron chi connectivity index (χ3n) is 3.46. The summed E-state index contributed by atoms with van der Waals surface area (Å²) in [5.74, 6) is -0.0908. The molecule has 1 amide bonds. The van der Waals surface area contributed by atoms with Gasteiger partial charge in [0, 0.05) is 0 Å². The lowest BCUT2D eigenvalue weighted by atomic mass is 10.1. The van der Waals surface area contributed by atoms with Crippen LogP contribution >= 0.6 is 11.3 Å². The predicted octanol–water partition coefficient (Wildman–Crippen LogP) is 4.07. The quantitative estimate of drug-likeness (QED) is 0.784. The number of nitrogens with zero attached hydrogens (tertiary/aromatic N) is 1. The van der Waals surface area contributed by atoms with Gasteiger partial charge in [-0.15, -0.1) is 0 Å². The molecular weight excluding hydrogens is 315 g/mol. The fraction of sp³-hybridized carbons (Fsp3) is 0.176. The van der Waals surface area contributed by atoms with Gasteiger partial charge in [-0.25, -0.2) is 9.37 Å². The number of halogens is 1. The Bertz CT molecular complexity index is 876. The van der Waals surface area contributed by atoms with Gasteiger partial charge in [-0.1, -0.05) is 23.5 Å². The van der Waals surface area contributed by atoms with E-state index in [-0.39, 0.29) is 18.0 Å². The van der Waals surface area contributed by atoms with Gasteiger partial charge in [0.1, 0.15) is 17.1 Å². The van der Waals surface area contributed by atoms with Crippen molar-refractivity contribution in [3.05, 3.63) is 53.3 Å². The van der Waals surface area contributed by atoms with Crippen molar-refractivity contribution in [3.63, 3.8) is 0 Å². The largest absolute Gasteiger partial charge is 0.484 e. The summed E-state index contributed by atoms with van der Waals surface area (Å²) in [4.78, 5) is 16.0. The van der Waals surface area contributed by atoms with Crippen LogP contribution in [0.3, 0.4) is 0 Å². The van der Waals surface area contributed by atoms with Crippen molar-refractivity contribution in [2.24, 2.45) is 0 Å². The van der Waals surface area contributed by atoms with E-state index in [0.29, 0.717) is 15.6 Å². The number of benzene rings is 2. The molecule has 0 saturated heterocycles. The van der Waals surface area contributed by atoms with E-state index in [0.717, 1.165) is 5.56 Å². The minimum Gasteiger partial charge on any atom is -0.484 e. The number of hydrogen-bond acceptors (Lipinski definition) is 4. The highest BCUT2D eigenvalue weighted by atomic mass is 32.1. The standard InChI is InChI=1S/C17H15FN2O2S/c1-10-6-7-12(8-11(10)2)22-9-15(21)19-17-20-16-13(18)4-3-5-14(16)23-17/h3-8H,9H2,1-2H3,(H,19,20,21). The number of anilines is 1. The molecule has 0 aliphatic rings. The molecule has 1 aromatic heterocycles. The molecule has 23 heavy (non-hydrogen) atoms. The first-order valence-corrected chi connectivity index (χ1v) is 7.89. The van der Waals surface area contributed by atoms with Crippen molar-refractivity contribution in [1.29, 1.82) is 0 Å². The van der Waals surface area contributed by atoms with E-state index in [1.54, 1.807) is 12.1 Å². The van der Waals surface area contributed by atoms with Gasteiger partial charge >= 0.3 is 0 Å². The zero-order valence-electron chi connectivity index (χ0n) is 12.7. The molecule has 0 fully saturated rings. The Balaban J connectivity index is 1.64. The Morgan fingerprint density at radius 2 is 2.09 bits per heavy atom. The lowest BCUT2D eigenvalue weighted by Crippen LogP contribution is -2.20. The van der Waals surface area contributed by atoms with Crippen LogP contribution in [-0.4, -0.2) is 17.5 Å². The number of aromatic nitrogens is 1. The van der Waals surface area contributed by atoms with Gasteiger partial charge < -0.3 is 4.74 Å². The Morgan fingerprint density at radius 1 is 1.26 bits per heavy atom. The molecule has 4 nitrogen and oxygen atoms in total. The van der Waals surface area contributed by atoms with Crippen molar-refractivity contribution in [3.8, 4) is 5.75 Å². The van der Waals surface area contributed by atoms with Crippen molar-refractivity contribution in [1.82, 2.24) is 4.98 Å². The molecule has 1 heterocycles. The Labute approximate surface area is 136 Å². The smallest absolute Gasteiger partial charge is 0.264 e. The third kappa shape index (κ3) is 3.48. The number of carbonyl (C=O) groups excluding carboxylic acids is 1. The lowest BCUT2D eigenvalue weighted by molar-refractivity contribution is -0.118. The SMILES string of the molecule is Cc1ccc(OCC(=O)Nc2nc3c(F)cccc3s2)cc1C. The van der Waals surface area contributed by atoms with Gasteiger partial charge in [-0.2, -0.15) is 0 Å². The summed E-state index contributed by atoms with van der Waals surface area (Å²) in [5.41, 5.74) is 2.53. The molecule has 118 valence electrons. The normalized spacial score (nSPS) is 10.7. The number of para-hydroxylation sites is 1. The molecule has 0 spiro atoms. The molecule has 0 aliphatic carbocycles. The summed E-state index contributed by atoms with van der Waals surface area (Å²) < 4.78 is 19.7. The van der Waals surface area contributed by atoms with Crippen molar-refractivity contribution < 1.29 is 13.9 Å². The monoisotopic (exact) mass is 330 g/mol. The summed E-state index contributed by atoms with van der Waals surface area (Å²) in [6, 6.07) is 10.4. The summed E-state index contributed by atoms with van der Waals surface area (Å²) in [5, 5.41) is 2.99. The second kappa shape index (κ2) is 6.34. The van der Waals surface area contributed by atoms with Crippen LogP contribution in [0.2, 0.25) is 0 Å². The number of thiazole rings is 1. The van der Waals surface area contributed by atoms with E-state index >= 15 is 0 Å². The summed E-state index contributed by atoms with van der Waals surface area (Å²) in [7, 11) is 0. The molecule has 0 unspecified atom stereocenters. The van der Waals surface area contributed by atoms with Crippen LogP contribution in [0.25, 0.3) is 10.2 Å². The highest BCUT2D eigenvalue weighted by Crippen LogP contribution is 2.27. The molecule has 3 rings (SSSR count). The molecule has 1 N–H and O–H groups in total. The third-order valence-corrected chi connectivity index (χ3v) is 4.40. The van der Waals surface area contributed by atoms with Gasteiger partial charge in [0.25, 0.3) is 5.91 Å². The number of aryl methyl sites for hydroxylation is 2. The molecule has 6 heteroatoms. The summed E-state index contributed by atoms with van der Waals surface area (Å²) >= 11 is 1.23. The van der Waals surface area contributed by atoms with Gasteiger partial charge in [-0.05, 0) is 49.2 Å². The molecular formula is C17H15FN2O2S. The first-order chi connectivity index (χ1) is 11.0.